The molecule has 0 amide bonds. The first-order valence-electron chi connectivity index (χ1n) is 7.31. The van der Waals surface area contributed by atoms with Crippen LogP contribution in [0.15, 0.2) is 42.6 Å². The molecule has 2 aromatic heterocycles. The Hall–Kier alpha value is -2.34. The number of aromatic nitrogens is 2. The number of alkyl halides is 3. The molecule has 23 heavy (non-hydrogen) atoms. The second-order valence-electron chi connectivity index (χ2n) is 5.31. The van der Waals surface area contributed by atoms with Crippen molar-refractivity contribution in [2.45, 2.75) is 26.1 Å². The van der Waals surface area contributed by atoms with E-state index in [-0.39, 0.29) is 6.54 Å². The highest BCUT2D eigenvalue weighted by Gasteiger charge is 2.31. The quantitative estimate of drug-likeness (QED) is 0.792. The molecule has 3 aromatic rings. The molecule has 0 aliphatic rings. The van der Waals surface area contributed by atoms with Gasteiger partial charge < -0.3 is 10.1 Å². The summed E-state index contributed by atoms with van der Waals surface area (Å²) in [6, 6.07) is 10.2. The van der Waals surface area contributed by atoms with Crippen LogP contribution in [-0.4, -0.2) is 9.38 Å². The van der Waals surface area contributed by atoms with Crippen LogP contribution in [0.3, 0.4) is 0 Å². The summed E-state index contributed by atoms with van der Waals surface area (Å²) in [5, 5.41) is 0. The van der Waals surface area contributed by atoms with E-state index in [0.717, 1.165) is 24.2 Å². The van der Waals surface area contributed by atoms with Gasteiger partial charge in [0, 0.05) is 18.3 Å². The standard InChI is InChI=1S/C17H16F3N3/c1-2-11-3-5-12(6-4-11)16-14(9-21)23-10-13(17(18,19)20)7-8-15(23)22-16/h3-8,10H,2,9,21H2,1H3. The first-order chi connectivity index (χ1) is 10.9. The summed E-state index contributed by atoms with van der Waals surface area (Å²) in [6.45, 7) is 2.16. The second kappa shape index (κ2) is 5.70. The number of rotatable bonds is 3. The Labute approximate surface area is 131 Å². The highest BCUT2D eigenvalue weighted by Crippen LogP contribution is 2.31. The Morgan fingerprint density at radius 2 is 1.78 bits per heavy atom. The maximum Gasteiger partial charge on any atom is 0.417 e. The van der Waals surface area contributed by atoms with Crippen LogP contribution in [0.1, 0.15) is 23.7 Å². The van der Waals surface area contributed by atoms with Crippen molar-refractivity contribution in [1.82, 2.24) is 9.38 Å². The number of halogens is 3. The normalized spacial score (nSPS) is 12.0. The van der Waals surface area contributed by atoms with Crippen LogP contribution in [-0.2, 0) is 19.1 Å². The molecule has 0 aliphatic heterocycles. The van der Waals surface area contributed by atoms with Crippen molar-refractivity contribution >= 4 is 5.65 Å². The van der Waals surface area contributed by atoms with E-state index in [4.69, 9.17) is 5.73 Å². The largest absolute Gasteiger partial charge is 0.417 e. The summed E-state index contributed by atoms with van der Waals surface area (Å²) in [5.41, 5.74) is 8.72. The van der Waals surface area contributed by atoms with E-state index >= 15 is 0 Å². The van der Waals surface area contributed by atoms with Crippen LogP contribution in [0.4, 0.5) is 13.2 Å². The zero-order chi connectivity index (χ0) is 16.6. The third-order valence-corrected chi connectivity index (χ3v) is 3.87. The monoisotopic (exact) mass is 319 g/mol. The summed E-state index contributed by atoms with van der Waals surface area (Å²) in [4.78, 5) is 4.45. The Morgan fingerprint density at radius 3 is 2.35 bits per heavy atom. The number of nitrogens with zero attached hydrogens (tertiary/aromatic N) is 2. The van der Waals surface area contributed by atoms with E-state index in [2.05, 4.69) is 11.9 Å². The van der Waals surface area contributed by atoms with Gasteiger partial charge in [-0.15, -0.1) is 0 Å². The summed E-state index contributed by atoms with van der Waals surface area (Å²) in [5.74, 6) is 0. The minimum atomic E-state index is -4.40. The third kappa shape index (κ3) is 2.82. The van der Waals surface area contributed by atoms with Crippen molar-refractivity contribution in [3.8, 4) is 11.3 Å². The van der Waals surface area contributed by atoms with Crippen LogP contribution < -0.4 is 5.73 Å². The molecule has 1 aromatic carbocycles. The smallest absolute Gasteiger partial charge is 0.325 e. The van der Waals surface area contributed by atoms with Crippen molar-refractivity contribution in [1.29, 1.82) is 0 Å². The Balaban J connectivity index is 2.17. The fourth-order valence-electron chi connectivity index (χ4n) is 2.59. The van der Waals surface area contributed by atoms with Crippen molar-refractivity contribution in [3.63, 3.8) is 0 Å². The summed E-state index contributed by atoms with van der Waals surface area (Å²) >= 11 is 0. The lowest BCUT2D eigenvalue weighted by Crippen LogP contribution is -2.08. The number of fused-ring (bicyclic) bond motifs is 1. The van der Waals surface area contributed by atoms with Gasteiger partial charge >= 0.3 is 6.18 Å². The zero-order valence-electron chi connectivity index (χ0n) is 12.6. The van der Waals surface area contributed by atoms with Gasteiger partial charge in [0.2, 0.25) is 0 Å². The van der Waals surface area contributed by atoms with E-state index in [1.54, 1.807) is 0 Å². The van der Waals surface area contributed by atoms with E-state index in [0.29, 0.717) is 17.0 Å². The van der Waals surface area contributed by atoms with E-state index in [9.17, 15) is 13.2 Å². The van der Waals surface area contributed by atoms with Gasteiger partial charge in [-0.1, -0.05) is 31.2 Å². The number of hydrogen-bond acceptors (Lipinski definition) is 2. The van der Waals surface area contributed by atoms with Crippen molar-refractivity contribution < 1.29 is 13.2 Å². The number of imidazole rings is 1. The van der Waals surface area contributed by atoms with Gasteiger partial charge in [-0.3, -0.25) is 0 Å². The number of aryl methyl sites for hydroxylation is 1. The topological polar surface area (TPSA) is 43.3 Å². The molecule has 120 valence electrons. The van der Waals surface area contributed by atoms with Crippen molar-refractivity contribution in [2.75, 3.05) is 0 Å². The molecule has 0 bridgehead atoms. The maximum atomic E-state index is 12.9. The third-order valence-electron chi connectivity index (χ3n) is 3.87. The lowest BCUT2D eigenvalue weighted by atomic mass is 10.1. The van der Waals surface area contributed by atoms with Crippen LogP contribution >= 0.6 is 0 Å². The van der Waals surface area contributed by atoms with Gasteiger partial charge in [-0.25, -0.2) is 4.98 Å². The number of hydrogen-bond donors (Lipinski definition) is 1. The van der Waals surface area contributed by atoms with Crippen LogP contribution in [0, 0.1) is 0 Å². The summed E-state index contributed by atoms with van der Waals surface area (Å²) < 4.78 is 40.1. The molecule has 0 aliphatic carbocycles. The van der Waals surface area contributed by atoms with Crippen LogP contribution in [0.25, 0.3) is 16.9 Å². The van der Waals surface area contributed by atoms with Crippen molar-refractivity contribution in [3.05, 3.63) is 59.4 Å². The Kier molecular flexibility index (Phi) is 3.85. The molecule has 0 atom stereocenters. The lowest BCUT2D eigenvalue weighted by Gasteiger charge is -2.08. The highest BCUT2D eigenvalue weighted by atomic mass is 19.4. The highest BCUT2D eigenvalue weighted by molar-refractivity contribution is 5.67. The number of nitrogens with two attached hydrogens (primary N) is 1. The van der Waals surface area contributed by atoms with Gasteiger partial charge in [0.15, 0.2) is 0 Å². The molecule has 0 spiro atoms. The molecule has 0 fully saturated rings. The second-order valence-corrected chi connectivity index (χ2v) is 5.31. The van der Waals surface area contributed by atoms with E-state index in [1.807, 2.05) is 24.3 Å². The average molecular weight is 319 g/mol. The van der Waals surface area contributed by atoms with Gasteiger partial charge in [0.1, 0.15) is 5.65 Å². The molecular weight excluding hydrogens is 303 g/mol. The molecule has 0 unspecified atom stereocenters. The van der Waals surface area contributed by atoms with Gasteiger partial charge in [-0.2, -0.15) is 13.2 Å². The zero-order valence-corrected chi connectivity index (χ0v) is 12.6. The first-order valence-corrected chi connectivity index (χ1v) is 7.31. The fourth-order valence-corrected chi connectivity index (χ4v) is 2.59. The minimum absolute atomic E-state index is 0.105. The van der Waals surface area contributed by atoms with Crippen LogP contribution in [0.5, 0.6) is 0 Å². The molecule has 0 radical (unpaired) electrons. The molecule has 3 rings (SSSR count). The molecule has 0 saturated heterocycles. The predicted octanol–water partition coefficient (Wildman–Crippen LogP) is 4.04. The summed E-state index contributed by atoms with van der Waals surface area (Å²) in [7, 11) is 0. The van der Waals surface area contributed by atoms with Crippen LogP contribution in [0.2, 0.25) is 0 Å². The summed E-state index contributed by atoms with van der Waals surface area (Å²) in [6.07, 6.45) is -2.42. The molecule has 2 N–H and O–H groups in total. The predicted molar refractivity (Wildman–Crippen MR) is 82.9 cm³/mol. The molecule has 6 heteroatoms. The number of pyridine rings is 1. The van der Waals surface area contributed by atoms with Gasteiger partial charge in [0.05, 0.1) is 17.0 Å². The fraction of sp³-hybridized carbons (Fsp3) is 0.235. The van der Waals surface area contributed by atoms with E-state index < -0.39 is 11.7 Å². The number of benzene rings is 1. The Bertz CT molecular complexity index is 833. The molecule has 2 heterocycles. The SMILES string of the molecule is CCc1ccc(-c2nc3ccc(C(F)(F)F)cn3c2CN)cc1. The van der Waals surface area contributed by atoms with Crippen molar-refractivity contribution in [2.24, 2.45) is 5.73 Å². The lowest BCUT2D eigenvalue weighted by molar-refractivity contribution is -0.137. The minimum Gasteiger partial charge on any atom is -0.325 e. The molecular formula is C17H16F3N3. The van der Waals surface area contributed by atoms with E-state index in [1.165, 1.54) is 16.0 Å². The first kappa shape index (κ1) is 15.6. The van der Waals surface area contributed by atoms with Gasteiger partial charge in [-0.05, 0) is 24.1 Å². The van der Waals surface area contributed by atoms with Gasteiger partial charge in [0.25, 0.3) is 0 Å². The average Bonchev–Trinajstić information content (AvgIpc) is 2.91. The Morgan fingerprint density at radius 1 is 1.09 bits per heavy atom. The maximum absolute atomic E-state index is 12.9. The molecule has 0 saturated carbocycles. The molecule has 3 nitrogen and oxygen atoms in total.